The van der Waals surface area contributed by atoms with E-state index in [1.54, 1.807) is 19.9 Å². The zero-order valence-corrected chi connectivity index (χ0v) is 21.7. The lowest BCUT2D eigenvalue weighted by atomic mass is 9.79. The maximum atomic E-state index is 14.0. The largest absolute Gasteiger partial charge is 0.473 e. The van der Waals surface area contributed by atoms with Crippen LogP contribution in [0.3, 0.4) is 0 Å². The molecule has 0 amide bonds. The number of alkyl halides is 3. The number of nitrogens with one attached hydrogen (secondary N) is 1. The number of fused-ring (bicyclic) bond motifs is 1. The Hall–Kier alpha value is -2.49. The van der Waals surface area contributed by atoms with Crippen LogP contribution in [0.5, 0.6) is 5.88 Å². The fourth-order valence-electron chi connectivity index (χ4n) is 4.11. The molecular weight excluding hydrogens is 506 g/mol. The van der Waals surface area contributed by atoms with Crippen LogP contribution in [0, 0.1) is 0 Å². The van der Waals surface area contributed by atoms with Crippen LogP contribution in [0.15, 0.2) is 47.8 Å². The number of carbonyl (C=O) groups excluding carboxylic acids is 1. The number of nitrogens with zero attached hydrogens (tertiary/aromatic N) is 2. The van der Waals surface area contributed by atoms with Crippen molar-refractivity contribution < 1.29 is 27.4 Å². The fourth-order valence-corrected chi connectivity index (χ4v) is 4.11. The van der Waals surface area contributed by atoms with Gasteiger partial charge in [0.2, 0.25) is 5.88 Å². The molecule has 3 rings (SSSR count). The Morgan fingerprint density at radius 2 is 1.86 bits per heavy atom. The van der Waals surface area contributed by atoms with Crippen LogP contribution >= 0.6 is 24.8 Å². The predicted octanol–water partition coefficient (Wildman–Crippen LogP) is 5.67. The molecule has 11 heteroatoms. The van der Waals surface area contributed by atoms with E-state index in [0.29, 0.717) is 23.5 Å². The molecule has 1 aromatic heterocycles. The van der Waals surface area contributed by atoms with Crippen LogP contribution < -0.4 is 10.1 Å². The number of likely N-dealkylation sites (N-methyl/N-ethyl adjacent to an activating group) is 1. The van der Waals surface area contributed by atoms with E-state index in [-0.39, 0.29) is 54.5 Å². The predicted molar refractivity (Wildman–Crippen MR) is 134 cm³/mol. The Morgan fingerprint density at radius 3 is 2.46 bits per heavy atom. The first-order chi connectivity index (χ1) is 15.5. The summed E-state index contributed by atoms with van der Waals surface area (Å²) in [6, 6.07) is 6.91. The first-order valence-electron chi connectivity index (χ1n) is 10.7. The molecule has 0 saturated carbocycles. The summed E-state index contributed by atoms with van der Waals surface area (Å²) >= 11 is 0. The number of rotatable bonds is 7. The molecule has 2 unspecified atom stereocenters. The molecule has 0 radical (unpaired) electrons. The SMILES string of the molecule is CCOC(=O)C1=C(C)Nc2ccnc(OC(C)CN(C)C)c2C1c1ccccc1C(F)(F)F.Cl.Cl. The van der Waals surface area contributed by atoms with Crippen molar-refractivity contribution >= 4 is 36.5 Å². The third-order valence-corrected chi connectivity index (χ3v) is 5.26. The number of esters is 1. The summed E-state index contributed by atoms with van der Waals surface area (Å²) in [5.41, 5.74) is 0.528. The minimum atomic E-state index is -4.61. The van der Waals surface area contributed by atoms with Crippen molar-refractivity contribution in [3.8, 4) is 5.88 Å². The van der Waals surface area contributed by atoms with Crippen LogP contribution in [0.25, 0.3) is 0 Å². The van der Waals surface area contributed by atoms with Gasteiger partial charge in [0.25, 0.3) is 0 Å². The molecule has 1 aromatic carbocycles. The highest BCUT2D eigenvalue weighted by Crippen LogP contribution is 2.48. The number of benzene rings is 1. The average Bonchev–Trinajstić information content (AvgIpc) is 2.71. The molecule has 2 aromatic rings. The Labute approximate surface area is 215 Å². The highest BCUT2D eigenvalue weighted by molar-refractivity contribution is 5.95. The maximum absolute atomic E-state index is 14.0. The number of anilines is 1. The molecule has 2 atom stereocenters. The van der Waals surface area contributed by atoms with Crippen molar-refractivity contribution in [1.29, 1.82) is 0 Å². The minimum absolute atomic E-state index is 0. The van der Waals surface area contributed by atoms with Gasteiger partial charge >= 0.3 is 12.1 Å². The molecule has 0 saturated heterocycles. The molecule has 35 heavy (non-hydrogen) atoms. The fraction of sp³-hybridized carbons (Fsp3) is 0.417. The Balaban J connectivity index is 0.00000306. The first-order valence-corrected chi connectivity index (χ1v) is 10.7. The third kappa shape index (κ3) is 6.80. The molecule has 6 nitrogen and oxygen atoms in total. The van der Waals surface area contributed by atoms with Crippen LogP contribution in [-0.2, 0) is 15.7 Å². The van der Waals surface area contributed by atoms with Gasteiger partial charge in [0.15, 0.2) is 0 Å². The van der Waals surface area contributed by atoms with Gasteiger partial charge in [0.1, 0.15) is 6.10 Å². The van der Waals surface area contributed by atoms with Gasteiger partial charge in [-0.05, 0) is 52.6 Å². The van der Waals surface area contributed by atoms with Gasteiger partial charge in [-0.1, -0.05) is 18.2 Å². The van der Waals surface area contributed by atoms with E-state index in [9.17, 15) is 18.0 Å². The molecule has 194 valence electrons. The molecule has 0 spiro atoms. The van der Waals surface area contributed by atoms with E-state index < -0.39 is 23.6 Å². The molecule has 1 aliphatic heterocycles. The lowest BCUT2D eigenvalue weighted by molar-refractivity contribution is -0.140. The molecule has 0 bridgehead atoms. The molecule has 0 aliphatic carbocycles. The monoisotopic (exact) mass is 535 g/mol. The van der Waals surface area contributed by atoms with E-state index in [4.69, 9.17) is 9.47 Å². The number of aromatic nitrogens is 1. The summed E-state index contributed by atoms with van der Waals surface area (Å²) in [5.74, 6) is -1.59. The number of hydrogen-bond acceptors (Lipinski definition) is 6. The Bertz CT molecular complexity index is 1060. The molecule has 0 fully saturated rings. The molecule has 1 aliphatic rings. The first kappa shape index (κ1) is 30.5. The highest BCUT2D eigenvalue weighted by atomic mass is 35.5. The van der Waals surface area contributed by atoms with Gasteiger partial charge < -0.3 is 19.7 Å². The number of allylic oxidation sites excluding steroid dienone is 1. The number of ether oxygens (including phenoxy) is 2. The topological polar surface area (TPSA) is 63.7 Å². The standard InChI is InChI=1S/C24H28F3N3O3.2ClH/c1-6-32-23(31)19-15(3)29-18-11-12-28-22(33-14(2)13-30(4)5)21(18)20(19)16-9-7-8-10-17(16)24(25,26)27;;/h7-12,14,20,29H,6,13H2,1-5H3;2*1H. The average molecular weight is 536 g/mol. The highest BCUT2D eigenvalue weighted by Gasteiger charge is 2.42. The van der Waals surface area contributed by atoms with Gasteiger partial charge in [-0.2, -0.15) is 13.2 Å². The van der Waals surface area contributed by atoms with Crippen molar-refractivity contribution in [1.82, 2.24) is 9.88 Å². The van der Waals surface area contributed by atoms with Gasteiger partial charge in [0.05, 0.1) is 23.7 Å². The number of pyridine rings is 1. The second-order valence-electron chi connectivity index (χ2n) is 8.17. The smallest absolute Gasteiger partial charge is 0.416 e. The van der Waals surface area contributed by atoms with Gasteiger partial charge in [-0.15, -0.1) is 24.8 Å². The van der Waals surface area contributed by atoms with Crippen LogP contribution in [0.4, 0.5) is 18.9 Å². The van der Waals surface area contributed by atoms with Crippen molar-refractivity contribution in [3.63, 3.8) is 0 Å². The lowest BCUT2D eigenvalue weighted by Crippen LogP contribution is -2.30. The van der Waals surface area contributed by atoms with E-state index >= 15 is 0 Å². The Kier molecular flexibility index (Phi) is 10.9. The second-order valence-corrected chi connectivity index (χ2v) is 8.17. The Morgan fingerprint density at radius 1 is 1.20 bits per heavy atom. The quantitative estimate of drug-likeness (QED) is 0.461. The summed E-state index contributed by atoms with van der Waals surface area (Å²) in [6.45, 7) is 5.81. The van der Waals surface area contributed by atoms with Crippen molar-refractivity contribution in [2.75, 3.05) is 32.6 Å². The zero-order chi connectivity index (χ0) is 24.3. The van der Waals surface area contributed by atoms with Crippen molar-refractivity contribution in [2.24, 2.45) is 0 Å². The van der Waals surface area contributed by atoms with Gasteiger partial charge in [0, 0.05) is 29.7 Å². The van der Waals surface area contributed by atoms with E-state index in [1.807, 2.05) is 25.9 Å². The third-order valence-electron chi connectivity index (χ3n) is 5.26. The lowest BCUT2D eigenvalue weighted by Gasteiger charge is -2.33. The molecule has 1 N–H and O–H groups in total. The van der Waals surface area contributed by atoms with Crippen molar-refractivity contribution in [2.45, 2.75) is 39.0 Å². The number of halogens is 5. The van der Waals surface area contributed by atoms with E-state index in [1.165, 1.54) is 24.4 Å². The summed E-state index contributed by atoms with van der Waals surface area (Å²) in [5, 5.41) is 3.13. The summed E-state index contributed by atoms with van der Waals surface area (Å²) in [7, 11) is 3.78. The van der Waals surface area contributed by atoms with Gasteiger partial charge in [-0.3, -0.25) is 0 Å². The number of hydrogen-bond donors (Lipinski definition) is 1. The van der Waals surface area contributed by atoms with Crippen LogP contribution in [-0.4, -0.2) is 49.2 Å². The van der Waals surface area contributed by atoms with Gasteiger partial charge in [-0.25, -0.2) is 9.78 Å². The summed E-state index contributed by atoms with van der Waals surface area (Å²) in [6.07, 6.45) is -3.38. The van der Waals surface area contributed by atoms with E-state index in [2.05, 4.69) is 10.3 Å². The van der Waals surface area contributed by atoms with Crippen LogP contribution in [0.2, 0.25) is 0 Å². The summed E-state index contributed by atoms with van der Waals surface area (Å²) < 4.78 is 53.3. The van der Waals surface area contributed by atoms with Crippen LogP contribution in [0.1, 0.15) is 43.4 Å². The minimum Gasteiger partial charge on any atom is -0.473 e. The molecule has 2 heterocycles. The zero-order valence-electron chi connectivity index (χ0n) is 20.1. The summed E-state index contributed by atoms with van der Waals surface area (Å²) in [4.78, 5) is 19.2. The van der Waals surface area contributed by atoms with E-state index in [0.717, 1.165) is 6.07 Å². The van der Waals surface area contributed by atoms with Crippen molar-refractivity contribution in [3.05, 3.63) is 64.5 Å². The maximum Gasteiger partial charge on any atom is 0.416 e. The normalized spacial score (nSPS) is 15.9. The molecular formula is C24H30Cl2F3N3O3. The number of carbonyl (C=O) groups is 1. The second kappa shape index (κ2) is 12.5.